The summed E-state index contributed by atoms with van der Waals surface area (Å²) in [6.45, 7) is 0.822. The second-order valence-electron chi connectivity index (χ2n) is 5.13. The molecule has 9 nitrogen and oxygen atoms in total. The Bertz CT molecular complexity index is 685. The van der Waals surface area contributed by atoms with Crippen LogP contribution in [0.25, 0.3) is 5.65 Å². The molecule has 0 bridgehead atoms. The fourth-order valence-corrected chi connectivity index (χ4v) is 2.68. The highest BCUT2D eigenvalue weighted by molar-refractivity contribution is 5.88. The van der Waals surface area contributed by atoms with Crippen molar-refractivity contribution in [3.05, 3.63) is 24.5 Å². The molecule has 1 atom stereocenters. The van der Waals surface area contributed by atoms with Crippen molar-refractivity contribution in [1.29, 1.82) is 0 Å². The third-order valence-corrected chi connectivity index (χ3v) is 3.94. The topological polar surface area (TPSA) is 99.0 Å². The van der Waals surface area contributed by atoms with Crippen molar-refractivity contribution < 1.29 is 19.0 Å². The summed E-state index contributed by atoms with van der Waals surface area (Å²) >= 11 is 0. The molecule has 3 heterocycles. The summed E-state index contributed by atoms with van der Waals surface area (Å²) in [6.07, 6.45) is 3.75. The van der Waals surface area contributed by atoms with Gasteiger partial charge in [0.25, 0.3) is 0 Å². The van der Waals surface area contributed by atoms with E-state index >= 15 is 0 Å². The molecule has 1 aliphatic rings. The summed E-state index contributed by atoms with van der Waals surface area (Å²) < 4.78 is 17.9. The first kappa shape index (κ1) is 15.7. The molecule has 1 fully saturated rings. The number of fused-ring (bicyclic) bond motifs is 1. The van der Waals surface area contributed by atoms with E-state index in [0.29, 0.717) is 31.1 Å². The number of rotatable bonds is 4. The molecule has 1 aliphatic heterocycles. The van der Waals surface area contributed by atoms with Gasteiger partial charge in [-0.05, 0) is 6.07 Å². The van der Waals surface area contributed by atoms with Gasteiger partial charge in [-0.2, -0.15) is 9.61 Å². The summed E-state index contributed by atoms with van der Waals surface area (Å²) in [4.78, 5) is 16.5. The van der Waals surface area contributed by atoms with E-state index in [-0.39, 0.29) is 0 Å². The Morgan fingerprint density at radius 2 is 2.22 bits per heavy atom. The number of aromatic nitrogens is 3. The number of carbonyl (C=O) groups is 1. The van der Waals surface area contributed by atoms with Gasteiger partial charge < -0.3 is 19.5 Å². The molecule has 3 rings (SSSR count). The molecule has 23 heavy (non-hydrogen) atoms. The van der Waals surface area contributed by atoms with Crippen molar-refractivity contribution in [2.75, 3.05) is 32.8 Å². The van der Waals surface area contributed by atoms with Crippen LogP contribution in [-0.4, -0.2) is 59.9 Å². The molecule has 0 radical (unpaired) electrons. The summed E-state index contributed by atoms with van der Waals surface area (Å²) in [6, 6.07) is 2.58. The Kier molecular flexibility index (Phi) is 4.42. The highest BCUT2D eigenvalue weighted by Crippen LogP contribution is 2.25. The Hall–Kier alpha value is -2.23. The van der Waals surface area contributed by atoms with E-state index in [4.69, 9.17) is 14.2 Å². The van der Waals surface area contributed by atoms with Crippen LogP contribution in [0.3, 0.4) is 0 Å². The fraction of sp³-hybridized carbons (Fsp3) is 0.500. The molecular formula is C14H19N5O4. The normalized spacial score (nSPS) is 20.3. The van der Waals surface area contributed by atoms with Gasteiger partial charge in [-0.25, -0.2) is 9.78 Å². The monoisotopic (exact) mass is 321 g/mol. The lowest BCUT2D eigenvalue weighted by atomic mass is 10.0. The second-order valence-corrected chi connectivity index (χ2v) is 5.13. The van der Waals surface area contributed by atoms with Gasteiger partial charge in [0.1, 0.15) is 11.9 Å². The molecule has 0 spiro atoms. The van der Waals surface area contributed by atoms with E-state index in [2.05, 4.69) is 20.7 Å². The molecule has 1 saturated heterocycles. The van der Waals surface area contributed by atoms with Crippen molar-refractivity contribution in [1.82, 2.24) is 19.9 Å². The Labute approximate surface area is 132 Å². The average molecular weight is 321 g/mol. The number of anilines is 1. The molecule has 1 unspecified atom stereocenters. The van der Waals surface area contributed by atoms with E-state index in [0.717, 1.165) is 0 Å². The molecule has 0 aliphatic carbocycles. The lowest BCUT2D eigenvalue weighted by Gasteiger charge is -2.41. The van der Waals surface area contributed by atoms with Crippen LogP contribution in [0.2, 0.25) is 0 Å². The molecule has 0 saturated carbocycles. The van der Waals surface area contributed by atoms with Gasteiger partial charge in [0, 0.05) is 32.9 Å². The van der Waals surface area contributed by atoms with Crippen LogP contribution in [0, 0.1) is 0 Å². The number of hydrogen-bond donors (Lipinski definition) is 2. The van der Waals surface area contributed by atoms with Crippen LogP contribution in [0.15, 0.2) is 24.5 Å². The Morgan fingerprint density at radius 1 is 1.39 bits per heavy atom. The van der Waals surface area contributed by atoms with E-state index in [1.807, 2.05) is 0 Å². The summed E-state index contributed by atoms with van der Waals surface area (Å²) in [5, 5.41) is 9.70. The molecule has 2 amide bonds. The smallest absolute Gasteiger partial charge is 0.320 e. The van der Waals surface area contributed by atoms with Crippen molar-refractivity contribution in [3.63, 3.8) is 0 Å². The number of nitrogens with zero attached hydrogens (tertiary/aromatic N) is 3. The van der Waals surface area contributed by atoms with Gasteiger partial charge in [0.2, 0.25) is 0 Å². The maximum atomic E-state index is 12.3. The maximum Gasteiger partial charge on any atom is 0.320 e. The van der Waals surface area contributed by atoms with Crippen LogP contribution in [-0.2, 0) is 14.2 Å². The number of methoxy groups -OCH3 is 2. The van der Waals surface area contributed by atoms with Gasteiger partial charge in [-0.3, -0.25) is 5.32 Å². The SMILES string of the molecule is COC1(OC)CCOCC1NC(=O)Nc1ccnc2ccnn12. The third-order valence-electron chi connectivity index (χ3n) is 3.94. The molecule has 2 aromatic heterocycles. The summed E-state index contributed by atoms with van der Waals surface area (Å²) in [5.41, 5.74) is 0.645. The standard InChI is InChI=1S/C14H19N5O4/c1-21-14(22-2)5-8-23-9-10(14)17-13(20)18-12-3-6-15-11-4-7-16-19(11)12/h3-4,6-7,10H,5,8-9H2,1-2H3,(H2,17,18,20). The highest BCUT2D eigenvalue weighted by atomic mass is 16.7. The van der Waals surface area contributed by atoms with Crippen LogP contribution < -0.4 is 10.6 Å². The molecular weight excluding hydrogens is 302 g/mol. The van der Waals surface area contributed by atoms with E-state index in [9.17, 15) is 4.79 Å². The van der Waals surface area contributed by atoms with E-state index in [1.165, 1.54) is 4.52 Å². The lowest BCUT2D eigenvalue weighted by molar-refractivity contribution is -0.256. The van der Waals surface area contributed by atoms with E-state index < -0.39 is 17.9 Å². The Balaban J connectivity index is 1.72. The van der Waals surface area contributed by atoms with Crippen LogP contribution in [0.4, 0.5) is 10.6 Å². The minimum atomic E-state index is -0.894. The van der Waals surface area contributed by atoms with Crippen LogP contribution in [0.1, 0.15) is 6.42 Å². The number of amides is 2. The number of hydrogen-bond acceptors (Lipinski definition) is 6. The van der Waals surface area contributed by atoms with Crippen LogP contribution >= 0.6 is 0 Å². The molecule has 0 aromatic carbocycles. The van der Waals surface area contributed by atoms with Crippen molar-refractivity contribution in [3.8, 4) is 0 Å². The number of nitrogens with one attached hydrogen (secondary N) is 2. The van der Waals surface area contributed by atoms with Crippen molar-refractivity contribution >= 4 is 17.5 Å². The maximum absolute atomic E-state index is 12.3. The molecule has 2 N–H and O–H groups in total. The first-order valence-electron chi connectivity index (χ1n) is 7.23. The van der Waals surface area contributed by atoms with Crippen molar-refractivity contribution in [2.24, 2.45) is 0 Å². The van der Waals surface area contributed by atoms with Crippen LogP contribution in [0.5, 0.6) is 0 Å². The molecule has 9 heteroatoms. The zero-order valence-corrected chi connectivity index (χ0v) is 13.0. The molecule has 124 valence electrons. The predicted molar refractivity (Wildman–Crippen MR) is 81.1 cm³/mol. The minimum Gasteiger partial charge on any atom is -0.379 e. The summed E-state index contributed by atoms with van der Waals surface area (Å²) in [7, 11) is 3.11. The van der Waals surface area contributed by atoms with Gasteiger partial charge >= 0.3 is 6.03 Å². The van der Waals surface area contributed by atoms with Gasteiger partial charge in [0.15, 0.2) is 11.4 Å². The largest absolute Gasteiger partial charge is 0.379 e. The predicted octanol–water partition coefficient (Wildman–Crippen LogP) is 0.629. The zero-order chi connectivity index (χ0) is 16.3. The summed E-state index contributed by atoms with van der Waals surface area (Å²) in [5.74, 6) is -0.385. The number of carbonyl (C=O) groups excluding carboxylic acids is 1. The Morgan fingerprint density at radius 3 is 3.00 bits per heavy atom. The quantitative estimate of drug-likeness (QED) is 0.801. The first-order valence-corrected chi connectivity index (χ1v) is 7.23. The minimum absolute atomic E-state index is 0.308. The van der Waals surface area contributed by atoms with Crippen molar-refractivity contribution in [2.45, 2.75) is 18.2 Å². The molecule has 2 aromatic rings. The third kappa shape index (κ3) is 2.98. The number of urea groups is 1. The first-order chi connectivity index (χ1) is 11.2. The van der Waals surface area contributed by atoms with Gasteiger partial charge in [-0.1, -0.05) is 0 Å². The average Bonchev–Trinajstić information content (AvgIpc) is 3.05. The second kappa shape index (κ2) is 6.49. The fourth-order valence-electron chi connectivity index (χ4n) is 2.68. The lowest BCUT2D eigenvalue weighted by Crippen LogP contribution is -2.60. The zero-order valence-electron chi connectivity index (χ0n) is 13.0. The van der Waals surface area contributed by atoms with Gasteiger partial charge in [-0.15, -0.1) is 0 Å². The number of ether oxygens (including phenoxy) is 3. The van der Waals surface area contributed by atoms with E-state index in [1.54, 1.807) is 38.7 Å². The highest BCUT2D eigenvalue weighted by Gasteiger charge is 2.43. The van der Waals surface area contributed by atoms with Gasteiger partial charge in [0.05, 0.1) is 19.4 Å².